The second-order valence-corrected chi connectivity index (χ2v) is 4.85. The lowest BCUT2D eigenvalue weighted by Crippen LogP contribution is -1.97. The van der Waals surface area contributed by atoms with E-state index in [-0.39, 0.29) is 10.7 Å². The number of hydrogen-bond acceptors (Lipinski definition) is 2. The maximum atomic E-state index is 13.6. The average Bonchev–Trinajstić information content (AvgIpc) is 2.34. The highest BCUT2D eigenvalue weighted by atomic mass is 79.9. The van der Waals surface area contributed by atoms with Gasteiger partial charge in [-0.3, -0.25) is 0 Å². The fourth-order valence-corrected chi connectivity index (χ4v) is 2.04. The molecule has 0 saturated heterocycles. The topological polar surface area (TPSA) is 35.8 Å². The van der Waals surface area contributed by atoms with Crippen molar-refractivity contribution in [2.45, 2.75) is 0 Å². The molecule has 2 nitrogen and oxygen atoms in total. The van der Waals surface area contributed by atoms with Crippen molar-refractivity contribution >= 4 is 38.9 Å². The summed E-state index contributed by atoms with van der Waals surface area (Å²) in [6.45, 7) is 0. The fraction of sp³-hybridized carbons (Fsp3) is 0. The van der Waals surface area contributed by atoms with Crippen LogP contribution in [0.4, 0.5) is 15.8 Å². The van der Waals surface area contributed by atoms with Crippen molar-refractivity contribution in [1.82, 2.24) is 0 Å². The van der Waals surface area contributed by atoms with Gasteiger partial charge in [-0.2, -0.15) is 5.26 Å². The molecule has 0 fully saturated rings. The molecule has 0 aliphatic rings. The van der Waals surface area contributed by atoms with Crippen molar-refractivity contribution in [2.75, 3.05) is 5.32 Å². The molecule has 0 aliphatic heterocycles. The Kier molecular flexibility index (Phi) is 3.85. The summed E-state index contributed by atoms with van der Waals surface area (Å²) in [5.41, 5.74) is 1.07. The van der Waals surface area contributed by atoms with E-state index in [9.17, 15) is 4.39 Å². The Morgan fingerprint density at radius 1 is 1.28 bits per heavy atom. The SMILES string of the molecule is N#Cc1ccc(Br)cc1Nc1c(F)cccc1Cl. The molecule has 0 heterocycles. The van der Waals surface area contributed by atoms with Gasteiger partial charge < -0.3 is 5.32 Å². The summed E-state index contributed by atoms with van der Waals surface area (Å²) in [6, 6.07) is 11.5. The number of para-hydroxylation sites is 1. The minimum atomic E-state index is -0.466. The van der Waals surface area contributed by atoms with Crippen molar-refractivity contribution in [3.8, 4) is 6.07 Å². The molecule has 2 aromatic carbocycles. The predicted molar refractivity (Wildman–Crippen MR) is 73.5 cm³/mol. The van der Waals surface area contributed by atoms with E-state index < -0.39 is 5.82 Å². The van der Waals surface area contributed by atoms with Gasteiger partial charge in [-0.1, -0.05) is 33.6 Å². The Bertz CT molecular complexity index is 617. The lowest BCUT2D eigenvalue weighted by atomic mass is 10.2. The van der Waals surface area contributed by atoms with Gasteiger partial charge in [-0.15, -0.1) is 0 Å². The highest BCUT2D eigenvalue weighted by Gasteiger charge is 2.09. The molecule has 0 saturated carbocycles. The molecule has 1 N–H and O–H groups in total. The van der Waals surface area contributed by atoms with Gasteiger partial charge >= 0.3 is 0 Å². The molecule has 0 aliphatic carbocycles. The van der Waals surface area contributed by atoms with E-state index in [1.807, 2.05) is 6.07 Å². The van der Waals surface area contributed by atoms with E-state index in [1.54, 1.807) is 24.3 Å². The van der Waals surface area contributed by atoms with Crippen LogP contribution < -0.4 is 5.32 Å². The molecule has 0 bridgehead atoms. The first-order valence-corrected chi connectivity index (χ1v) is 6.19. The summed E-state index contributed by atoms with van der Waals surface area (Å²) in [5, 5.41) is 12.1. The van der Waals surface area contributed by atoms with Crippen molar-refractivity contribution in [2.24, 2.45) is 0 Å². The van der Waals surface area contributed by atoms with E-state index >= 15 is 0 Å². The van der Waals surface area contributed by atoms with Crippen molar-refractivity contribution in [1.29, 1.82) is 5.26 Å². The molecule has 5 heteroatoms. The number of nitrogens with zero attached hydrogens (tertiary/aromatic N) is 1. The van der Waals surface area contributed by atoms with E-state index in [4.69, 9.17) is 16.9 Å². The van der Waals surface area contributed by atoms with Crippen LogP contribution in [0.15, 0.2) is 40.9 Å². The van der Waals surface area contributed by atoms with Gasteiger partial charge in [-0.05, 0) is 30.3 Å². The number of rotatable bonds is 2. The molecule has 18 heavy (non-hydrogen) atoms. The van der Waals surface area contributed by atoms with Crippen molar-refractivity contribution in [3.63, 3.8) is 0 Å². The first kappa shape index (κ1) is 12.9. The van der Waals surface area contributed by atoms with Gasteiger partial charge in [0.15, 0.2) is 0 Å². The molecule has 0 unspecified atom stereocenters. The molecule has 0 amide bonds. The number of nitriles is 1. The molecule has 0 spiro atoms. The van der Waals surface area contributed by atoms with Gasteiger partial charge in [0.25, 0.3) is 0 Å². The van der Waals surface area contributed by atoms with Gasteiger partial charge in [-0.25, -0.2) is 4.39 Å². The third-order valence-electron chi connectivity index (χ3n) is 2.32. The molecule has 0 atom stereocenters. The summed E-state index contributed by atoms with van der Waals surface area (Å²) < 4.78 is 14.4. The molecule has 90 valence electrons. The lowest BCUT2D eigenvalue weighted by molar-refractivity contribution is 0.632. The Labute approximate surface area is 117 Å². The van der Waals surface area contributed by atoms with Crippen LogP contribution >= 0.6 is 27.5 Å². The normalized spacial score (nSPS) is 9.89. The number of anilines is 2. The highest BCUT2D eigenvalue weighted by molar-refractivity contribution is 9.10. The summed E-state index contributed by atoms with van der Waals surface area (Å²) in [7, 11) is 0. The molecule has 2 rings (SSSR count). The van der Waals surface area contributed by atoms with Crippen LogP contribution in [0.1, 0.15) is 5.56 Å². The summed E-state index contributed by atoms with van der Waals surface area (Å²) >= 11 is 9.22. The first-order valence-electron chi connectivity index (χ1n) is 5.02. The predicted octanol–water partition coefficient (Wildman–Crippen LogP) is 4.86. The lowest BCUT2D eigenvalue weighted by Gasteiger charge is -2.11. The summed E-state index contributed by atoms with van der Waals surface area (Å²) in [6.07, 6.45) is 0. The maximum absolute atomic E-state index is 13.6. The van der Waals surface area contributed by atoms with Crippen molar-refractivity contribution < 1.29 is 4.39 Å². The number of hydrogen-bond donors (Lipinski definition) is 1. The minimum Gasteiger partial charge on any atom is -0.351 e. The smallest absolute Gasteiger partial charge is 0.148 e. The zero-order chi connectivity index (χ0) is 13.1. The Balaban J connectivity index is 2.46. The van der Waals surface area contributed by atoms with Gasteiger partial charge in [0, 0.05) is 4.47 Å². The second kappa shape index (κ2) is 5.38. The van der Waals surface area contributed by atoms with Crippen molar-refractivity contribution in [3.05, 3.63) is 57.3 Å². The Morgan fingerprint density at radius 2 is 2.06 bits per heavy atom. The van der Waals surface area contributed by atoms with Crippen LogP contribution in [0.5, 0.6) is 0 Å². The highest BCUT2D eigenvalue weighted by Crippen LogP contribution is 2.30. The van der Waals surface area contributed by atoms with Gasteiger partial charge in [0.05, 0.1) is 22.0 Å². The third kappa shape index (κ3) is 2.63. The number of halogens is 3. The Morgan fingerprint density at radius 3 is 2.72 bits per heavy atom. The van der Waals surface area contributed by atoms with Crippen LogP contribution in [0.3, 0.4) is 0 Å². The minimum absolute atomic E-state index is 0.161. The fourth-order valence-electron chi connectivity index (χ4n) is 1.47. The van der Waals surface area contributed by atoms with E-state index in [0.29, 0.717) is 11.3 Å². The molecule has 2 aromatic rings. The molecular formula is C13H7BrClFN2. The van der Waals surface area contributed by atoms with Gasteiger partial charge in [0.1, 0.15) is 11.9 Å². The molecular weight excluding hydrogens is 319 g/mol. The quantitative estimate of drug-likeness (QED) is 0.856. The van der Waals surface area contributed by atoms with Crippen LogP contribution in [0.25, 0.3) is 0 Å². The van der Waals surface area contributed by atoms with Crippen LogP contribution in [-0.2, 0) is 0 Å². The first-order chi connectivity index (χ1) is 8.61. The zero-order valence-electron chi connectivity index (χ0n) is 9.05. The summed E-state index contributed by atoms with van der Waals surface area (Å²) in [4.78, 5) is 0. The van der Waals surface area contributed by atoms with E-state index in [0.717, 1.165) is 4.47 Å². The van der Waals surface area contributed by atoms with Crippen LogP contribution in [-0.4, -0.2) is 0 Å². The Hall–Kier alpha value is -1.57. The summed E-state index contributed by atoms with van der Waals surface area (Å²) in [5.74, 6) is -0.466. The van der Waals surface area contributed by atoms with E-state index in [2.05, 4.69) is 21.2 Å². The monoisotopic (exact) mass is 324 g/mol. The standard InChI is InChI=1S/C13H7BrClFN2/c14-9-5-4-8(7-17)12(6-9)18-13-10(15)2-1-3-11(13)16/h1-6,18H. The second-order valence-electron chi connectivity index (χ2n) is 3.52. The third-order valence-corrected chi connectivity index (χ3v) is 3.13. The van der Waals surface area contributed by atoms with Gasteiger partial charge in [0.2, 0.25) is 0 Å². The molecule has 0 radical (unpaired) electrons. The van der Waals surface area contributed by atoms with Crippen LogP contribution in [0.2, 0.25) is 5.02 Å². The van der Waals surface area contributed by atoms with E-state index in [1.165, 1.54) is 12.1 Å². The number of benzene rings is 2. The zero-order valence-corrected chi connectivity index (χ0v) is 11.4. The number of nitrogens with one attached hydrogen (secondary N) is 1. The average molecular weight is 326 g/mol. The maximum Gasteiger partial charge on any atom is 0.148 e. The largest absolute Gasteiger partial charge is 0.351 e. The molecule has 0 aromatic heterocycles. The van der Waals surface area contributed by atoms with Crippen LogP contribution in [0, 0.1) is 17.1 Å².